The first-order chi connectivity index (χ1) is 17.5. The van der Waals surface area contributed by atoms with Crippen LogP contribution in [0.15, 0.2) is 84.9 Å². The van der Waals surface area contributed by atoms with E-state index in [1.807, 2.05) is 86.6 Å². The first-order valence-corrected chi connectivity index (χ1v) is 13.5. The van der Waals surface area contributed by atoms with Crippen LogP contribution in [0.4, 0.5) is 0 Å². The molecule has 0 aliphatic carbocycles. The molecule has 0 saturated heterocycles. The molecule has 0 aromatic heterocycles. The number of hydrogen-bond acceptors (Lipinski definition) is 4. The standard InChI is InChI=1S/C30H36N2O3S/c1-23(2)31-30(34)28(20-24-11-6-4-7-12-24)32(21-26-15-10-16-27(19-26)35-3)29(33)17-18-36-22-25-13-8-5-9-14-25/h4-16,19,23,28H,17-18,20-22H2,1-3H3,(H,31,34)/t28-/m0/s1. The first kappa shape index (κ1) is 27.3. The molecular weight excluding hydrogens is 468 g/mol. The maximum Gasteiger partial charge on any atom is 0.243 e. The fourth-order valence-electron chi connectivity index (χ4n) is 3.97. The molecule has 36 heavy (non-hydrogen) atoms. The molecule has 0 spiro atoms. The van der Waals surface area contributed by atoms with Gasteiger partial charge in [-0.2, -0.15) is 11.8 Å². The summed E-state index contributed by atoms with van der Waals surface area (Å²) in [6.07, 6.45) is 0.813. The molecule has 0 aliphatic rings. The monoisotopic (exact) mass is 504 g/mol. The van der Waals surface area contributed by atoms with Crippen LogP contribution in [0.3, 0.4) is 0 Å². The Labute approximate surface area is 219 Å². The number of carbonyl (C=O) groups is 2. The van der Waals surface area contributed by atoms with E-state index in [-0.39, 0.29) is 17.9 Å². The van der Waals surface area contributed by atoms with Crippen molar-refractivity contribution in [1.82, 2.24) is 10.2 Å². The largest absolute Gasteiger partial charge is 0.497 e. The van der Waals surface area contributed by atoms with Crippen LogP contribution in [0.1, 0.15) is 37.0 Å². The lowest BCUT2D eigenvalue weighted by atomic mass is 10.0. The summed E-state index contributed by atoms with van der Waals surface area (Å²) in [4.78, 5) is 28.8. The maximum atomic E-state index is 13.6. The highest BCUT2D eigenvalue weighted by Gasteiger charge is 2.30. The number of amides is 2. The lowest BCUT2D eigenvalue weighted by Crippen LogP contribution is -2.51. The number of hydrogen-bond donors (Lipinski definition) is 1. The average Bonchev–Trinajstić information content (AvgIpc) is 2.89. The molecule has 0 unspecified atom stereocenters. The Bertz CT molecular complexity index is 1090. The van der Waals surface area contributed by atoms with Crippen molar-refractivity contribution < 1.29 is 14.3 Å². The number of rotatable bonds is 13. The van der Waals surface area contributed by atoms with Crippen molar-refractivity contribution in [2.45, 2.75) is 51.1 Å². The second-order valence-corrected chi connectivity index (χ2v) is 10.1. The number of ether oxygens (including phenoxy) is 1. The van der Waals surface area contributed by atoms with Crippen LogP contribution in [-0.2, 0) is 28.3 Å². The van der Waals surface area contributed by atoms with E-state index in [4.69, 9.17) is 4.74 Å². The van der Waals surface area contributed by atoms with Crippen LogP contribution >= 0.6 is 11.8 Å². The molecule has 0 saturated carbocycles. The molecule has 2 amide bonds. The van der Waals surface area contributed by atoms with Crippen molar-refractivity contribution in [2.75, 3.05) is 12.9 Å². The van der Waals surface area contributed by atoms with Crippen LogP contribution in [-0.4, -0.2) is 41.7 Å². The highest BCUT2D eigenvalue weighted by molar-refractivity contribution is 7.98. The second-order valence-electron chi connectivity index (χ2n) is 9.03. The Balaban J connectivity index is 1.81. The van der Waals surface area contributed by atoms with Gasteiger partial charge < -0.3 is 15.0 Å². The predicted molar refractivity (Wildman–Crippen MR) is 148 cm³/mol. The Kier molecular flexibility index (Phi) is 10.9. The van der Waals surface area contributed by atoms with Crippen LogP contribution in [0, 0.1) is 0 Å². The highest BCUT2D eigenvalue weighted by atomic mass is 32.2. The molecule has 0 bridgehead atoms. The van der Waals surface area contributed by atoms with Crippen molar-refractivity contribution in [3.05, 3.63) is 102 Å². The molecule has 0 aliphatic heterocycles. The van der Waals surface area contributed by atoms with Gasteiger partial charge in [-0.25, -0.2) is 0 Å². The fourth-order valence-corrected chi connectivity index (χ4v) is 4.86. The van der Waals surface area contributed by atoms with Gasteiger partial charge in [0, 0.05) is 36.9 Å². The lowest BCUT2D eigenvalue weighted by Gasteiger charge is -2.32. The molecule has 6 heteroatoms. The molecule has 0 heterocycles. The van der Waals surface area contributed by atoms with Crippen molar-refractivity contribution >= 4 is 23.6 Å². The van der Waals surface area contributed by atoms with E-state index in [0.717, 1.165) is 22.6 Å². The summed E-state index contributed by atoms with van der Waals surface area (Å²) in [5.74, 6) is 2.10. The molecule has 3 rings (SSSR count). The molecule has 3 aromatic carbocycles. The summed E-state index contributed by atoms with van der Waals surface area (Å²) in [5, 5.41) is 3.03. The molecule has 190 valence electrons. The van der Waals surface area contributed by atoms with E-state index in [1.165, 1.54) is 5.56 Å². The number of benzene rings is 3. The summed E-state index contributed by atoms with van der Waals surface area (Å²) in [5.41, 5.74) is 3.18. The number of methoxy groups -OCH3 is 1. The molecule has 1 N–H and O–H groups in total. The molecule has 5 nitrogen and oxygen atoms in total. The first-order valence-electron chi connectivity index (χ1n) is 12.3. The topological polar surface area (TPSA) is 58.6 Å². The van der Waals surface area contributed by atoms with E-state index in [9.17, 15) is 9.59 Å². The predicted octanol–water partition coefficient (Wildman–Crippen LogP) is 5.48. The van der Waals surface area contributed by atoms with Gasteiger partial charge in [0.05, 0.1) is 7.11 Å². The van der Waals surface area contributed by atoms with E-state index in [0.29, 0.717) is 25.1 Å². The van der Waals surface area contributed by atoms with Crippen LogP contribution in [0.25, 0.3) is 0 Å². The zero-order valence-electron chi connectivity index (χ0n) is 21.4. The van der Waals surface area contributed by atoms with Gasteiger partial charge in [0.25, 0.3) is 0 Å². The van der Waals surface area contributed by atoms with Crippen molar-refractivity contribution in [3.63, 3.8) is 0 Å². The van der Waals surface area contributed by atoms with Gasteiger partial charge in [0.15, 0.2) is 0 Å². The van der Waals surface area contributed by atoms with E-state index < -0.39 is 6.04 Å². The van der Waals surface area contributed by atoms with Crippen molar-refractivity contribution in [2.24, 2.45) is 0 Å². The molecule has 0 radical (unpaired) electrons. The van der Waals surface area contributed by atoms with Gasteiger partial charge in [-0.15, -0.1) is 0 Å². The summed E-state index contributed by atoms with van der Waals surface area (Å²) in [7, 11) is 1.63. The third kappa shape index (κ3) is 8.76. The minimum Gasteiger partial charge on any atom is -0.497 e. The lowest BCUT2D eigenvalue weighted by molar-refractivity contribution is -0.141. The molecule has 0 fully saturated rings. The van der Waals surface area contributed by atoms with Crippen LogP contribution in [0.2, 0.25) is 0 Å². The zero-order chi connectivity index (χ0) is 25.8. The Morgan fingerprint density at radius 3 is 2.17 bits per heavy atom. The van der Waals surface area contributed by atoms with Gasteiger partial charge >= 0.3 is 0 Å². The number of carbonyl (C=O) groups excluding carboxylic acids is 2. The molecular formula is C30H36N2O3S. The van der Waals surface area contributed by atoms with Crippen molar-refractivity contribution in [3.8, 4) is 5.75 Å². The number of nitrogens with one attached hydrogen (secondary N) is 1. The number of thioether (sulfide) groups is 1. The minimum absolute atomic E-state index is 0.0222. The van der Waals surface area contributed by atoms with Crippen LogP contribution in [0.5, 0.6) is 5.75 Å². The molecule has 3 aromatic rings. The quantitative estimate of drug-likeness (QED) is 0.313. The van der Waals surface area contributed by atoms with Crippen LogP contribution < -0.4 is 10.1 Å². The smallest absolute Gasteiger partial charge is 0.243 e. The Morgan fingerprint density at radius 1 is 0.889 bits per heavy atom. The van der Waals surface area contributed by atoms with Gasteiger partial charge in [-0.05, 0) is 42.7 Å². The third-order valence-corrected chi connectivity index (χ3v) is 6.79. The maximum absolute atomic E-state index is 13.6. The average molecular weight is 505 g/mol. The fraction of sp³-hybridized carbons (Fsp3) is 0.333. The molecule has 1 atom stereocenters. The Morgan fingerprint density at radius 2 is 1.53 bits per heavy atom. The second kappa shape index (κ2) is 14.3. The van der Waals surface area contributed by atoms with E-state index >= 15 is 0 Å². The van der Waals surface area contributed by atoms with Gasteiger partial charge in [-0.3, -0.25) is 9.59 Å². The zero-order valence-corrected chi connectivity index (χ0v) is 22.2. The summed E-state index contributed by atoms with van der Waals surface area (Å²) < 4.78 is 5.39. The summed E-state index contributed by atoms with van der Waals surface area (Å²) in [6, 6.07) is 27.1. The minimum atomic E-state index is -0.618. The van der Waals surface area contributed by atoms with E-state index in [1.54, 1.807) is 23.8 Å². The highest BCUT2D eigenvalue weighted by Crippen LogP contribution is 2.20. The third-order valence-electron chi connectivity index (χ3n) is 5.76. The normalized spacial score (nSPS) is 11.7. The van der Waals surface area contributed by atoms with Gasteiger partial charge in [0.2, 0.25) is 11.8 Å². The number of nitrogens with zero attached hydrogens (tertiary/aromatic N) is 1. The SMILES string of the molecule is COc1cccc(CN(C(=O)CCSCc2ccccc2)[C@@H](Cc2ccccc2)C(=O)NC(C)C)c1. The summed E-state index contributed by atoms with van der Waals surface area (Å²) >= 11 is 1.73. The van der Waals surface area contributed by atoms with Gasteiger partial charge in [-0.1, -0.05) is 72.8 Å². The van der Waals surface area contributed by atoms with Gasteiger partial charge in [0.1, 0.15) is 11.8 Å². The van der Waals surface area contributed by atoms with E-state index in [2.05, 4.69) is 17.4 Å². The van der Waals surface area contributed by atoms with Crippen molar-refractivity contribution in [1.29, 1.82) is 0 Å². The Hall–Kier alpha value is -3.25. The summed E-state index contributed by atoms with van der Waals surface area (Å²) in [6.45, 7) is 4.21.